The summed E-state index contributed by atoms with van der Waals surface area (Å²) in [6.45, 7) is 2.29. The highest BCUT2D eigenvalue weighted by molar-refractivity contribution is 7.98. The van der Waals surface area contributed by atoms with E-state index in [1.165, 1.54) is 102 Å². The minimum atomic E-state index is 1.36. The van der Waals surface area contributed by atoms with Crippen LogP contribution in [0.3, 0.4) is 0 Å². The molecule has 0 atom stereocenters. The summed E-state index contributed by atoms with van der Waals surface area (Å²) in [6.07, 6.45) is 24.2. The van der Waals surface area contributed by atoms with Crippen molar-refractivity contribution in [2.75, 3.05) is 12.0 Å². The van der Waals surface area contributed by atoms with E-state index in [2.05, 4.69) is 13.2 Å². The summed E-state index contributed by atoms with van der Waals surface area (Å²) in [7, 11) is 0. The van der Waals surface area contributed by atoms with Crippen LogP contribution >= 0.6 is 11.8 Å². The molecular formula is C18H38S. The third kappa shape index (κ3) is 18.4. The van der Waals surface area contributed by atoms with E-state index in [1.807, 2.05) is 11.8 Å². The quantitative estimate of drug-likeness (QED) is 0.270. The van der Waals surface area contributed by atoms with Crippen molar-refractivity contribution in [3.8, 4) is 0 Å². The zero-order chi connectivity index (χ0) is 14.0. The van der Waals surface area contributed by atoms with Gasteiger partial charge in [-0.2, -0.15) is 11.8 Å². The van der Waals surface area contributed by atoms with Crippen molar-refractivity contribution >= 4 is 11.8 Å². The molecule has 1 heteroatoms. The summed E-state index contributed by atoms with van der Waals surface area (Å²) in [5.74, 6) is 1.36. The van der Waals surface area contributed by atoms with Gasteiger partial charge < -0.3 is 0 Å². The first-order valence-electron chi connectivity index (χ1n) is 8.90. The minimum Gasteiger partial charge on any atom is -0.165 e. The molecule has 116 valence electrons. The van der Waals surface area contributed by atoms with Gasteiger partial charge in [0.25, 0.3) is 0 Å². The first-order valence-corrected chi connectivity index (χ1v) is 10.3. The highest BCUT2D eigenvalue weighted by Crippen LogP contribution is 2.13. The fourth-order valence-corrected chi connectivity index (χ4v) is 3.11. The van der Waals surface area contributed by atoms with Crippen molar-refractivity contribution in [3.05, 3.63) is 0 Å². The lowest BCUT2D eigenvalue weighted by Gasteiger charge is -2.03. The van der Waals surface area contributed by atoms with Gasteiger partial charge in [0.05, 0.1) is 0 Å². The van der Waals surface area contributed by atoms with Gasteiger partial charge in [-0.3, -0.25) is 0 Å². The van der Waals surface area contributed by atoms with E-state index in [4.69, 9.17) is 0 Å². The Bertz CT molecular complexity index is 129. The second kappa shape index (κ2) is 18.4. The van der Waals surface area contributed by atoms with Crippen LogP contribution in [-0.2, 0) is 0 Å². The van der Waals surface area contributed by atoms with Crippen LogP contribution in [0.5, 0.6) is 0 Å². The molecule has 0 aromatic rings. The molecule has 0 aliphatic carbocycles. The Morgan fingerprint density at radius 1 is 0.474 bits per heavy atom. The fourth-order valence-electron chi connectivity index (χ4n) is 2.62. The van der Waals surface area contributed by atoms with E-state index in [0.717, 1.165) is 0 Å². The van der Waals surface area contributed by atoms with E-state index in [9.17, 15) is 0 Å². The molecular weight excluding hydrogens is 248 g/mol. The molecule has 0 nitrogen and oxygen atoms in total. The first-order chi connectivity index (χ1) is 9.41. The van der Waals surface area contributed by atoms with Crippen molar-refractivity contribution in [2.24, 2.45) is 0 Å². The molecule has 0 heterocycles. The van der Waals surface area contributed by atoms with Gasteiger partial charge in [-0.15, -0.1) is 0 Å². The summed E-state index contributed by atoms with van der Waals surface area (Å²) in [4.78, 5) is 0. The SMILES string of the molecule is CCCCCCCCCCCCCCCCCSC. The van der Waals surface area contributed by atoms with Gasteiger partial charge in [0.1, 0.15) is 0 Å². The summed E-state index contributed by atoms with van der Waals surface area (Å²) in [5.41, 5.74) is 0. The van der Waals surface area contributed by atoms with Crippen LogP contribution in [-0.4, -0.2) is 12.0 Å². The van der Waals surface area contributed by atoms with Crippen LogP contribution in [0.1, 0.15) is 103 Å². The van der Waals surface area contributed by atoms with E-state index in [1.54, 1.807) is 0 Å². The summed E-state index contributed by atoms with van der Waals surface area (Å²) in [5, 5.41) is 0. The Kier molecular flexibility index (Phi) is 18.7. The lowest BCUT2D eigenvalue weighted by Crippen LogP contribution is -1.84. The molecule has 0 aromatic carbocycles. The average molecular weight is 287 g/mol. The van der Waals surface area contributed by atoms with Crippen molar-refractivity contribution in [1.29, 1.82) is 0 Å². The van der Waals surface area contributed by atoms with Crippen LogP contribution in [0.15, 0.2) is 0 Å². The number of hydrogen-bond donors (Lipinski definition) is 0. The predicted octanol–water partition coefficient (Wildman–Crippen LogP) is 7.22. The third-order valence-corrected chi connectivity index (χ3v) is 4.65. The van der Waals surface area contributed by atoms with Gasteiger partial charge in [-0.05, 0) is 18.4 Å². The molecule has 19 heavy (non-hydrogen) atoms. The predicted molar refractivity (Wildman–Crippen MR) is 93.3 cm³/mol. The molecule has 0 bridgehead atoms. The maximum absolute atomic E-state index is 2.29. The highest BCUT2D eigenvalue weighted by atomic mass is 32.2. The molecule has 0 aliphatic heterocycles. The van der Waals surface area contributed by atoms with Gasteiger partial charge in [0.2, 0.25) is 0 Å². The average Bonchev–Trinajstić information content (AvgIpc) is 2.43. The Labute approximate surface area is 127 Å². The maximum Gasteiger partial charge on any atom is -0.00703 e. The van der Waals surface area contributed by atoms with Crippen molar-refractivity contribution < 1.29 is 0 Å². The van der Waals surface area contributed by atoms with Gasteiger partial charge >= 0.3 is 0 Å². The molecule has 0 N–H and O–H groups in total. The smallest absolute Gasteiger partial charge is 0.00703 e. The van der Waals surface area contributed by atoms with E-state index in [-0.39, 0.29) is 0 Å². The van der Waals surface area contributed by atoms with Gasteiger partial charge in [0.15, 0.2) is 0 Å². The van der Waals surface area contributed by atoms with Crippen LogP contribution in [0.4, 0.5) is 0 Å². The zero-order valence-corrected chi connectivity index (χ0v) is 14.5. The number of hydrogen-bond acceptors (Lipinski definition) is 1. The summed E-state index contributed by atoms with van der Waals surface area (Å²) in [6, 6.07) is 0. The van der Waals surface area contributed by atoms with Crippen LogP contribution < -0.4 is 0 Å². The molecule has 0 aliphatic rings. The van der Waals surface area contributed by atoms with Crippen molar-refractivity contribution in [3.63, 3.8) is 0 Å². The molecule has 0 unspecified atom stereocenters. The fraction of sp³-hybridized carbons (Fsp3) is 1.00. The largest absolute Gasteiger partial charge is 0.165 e. The standard InChI is InChI=1S/C18H38S/c1-3-4-5-6-7-8-9-10-11-12-13-14-15-16-17-18-19-2/h3-18H2,1-2H3. The van der Waals surface area contributed by atoms with Crippen LogP contribution in [0.25, 0.3) is 0 Å². The van der Waals surface area contributed by atoms with E-state index >= 15 is 0 Å². The van der Waals surface area contributed by atoms with Gasteiger partial charge in [0, 0.05) is 0 Å². The lowest BCUT2D eigenvalue weighted by molar-refractivity contribution is 0.535. The van der Waals surface area contributed by atoms with E-state index in [0.29, 0.717) is 0 Å². The second-order valence-electron chi connectivity index (χ2n) is 5.94. The maximum atomic E-state index is 2.29. The third-order valence-electron chi connectivity index (χ3n) is 3.95. The number of unbranched alkanes of at least 4 members (excludes halogenated alkanes) is 14. The minimum absolute atomic E-state index is 1.36. The Balaban J connectivity index is 2.88. The molecule has 0 spiro atoms. The van der Waals surface area contributed by atoms with Gasteiger partial charge in [-0.25, -0.2) is 0 Å². The number of thioether (sulfide) groups is 1. The molecule has 0 radical (unpaired) electrons. The highest BCUT2D eigenvalue weighted by Gasteiger charge is 1.94. The Morgan fingerprint density at radius 2 is 0.789 bits per heavy atom. The van der Waals surface area contributed by atoms with Crippen molar-refractivity contribution in [1.82, 2.24) is 0 Å². The lowest BCUT2D eigenvalue weighted by atomic mass is 10.0. The normalized spacial score (nSPS) is 11.1. The molecule has 0 fully saturated rings. The van der Waals surface area contributed by atoms with Crippen LogP contribution in [0, 0.1) is 0 Å². The summed E-state index contributed by atoms with van der Waals surface area (Å²) >= 11 is 1.99. The monoisotopic (exact) mass is 286 g/mol. The molecule has 0 saturated heterocycles. The molecule has 0 amide bonds. The summed E-state index contributed by atoms with van der Waals surface area (Å²) < 4.78 is 0. The van der Waals surface area contributed by atoms with E-state index < -0.39 is 0 Å². The Hall–Kier alpha value is 0.350. The zero-order valence-electron chi connectivity index (χ0n) is 13.7. The first kappa shape index (κ1) is 19.4. The molecule has 0 saturated carbocycles. The van der Waals surface area contributed by atoms with Gasteiger partial charge in [-0.1, -0.05) is 96.8 Å². The molecule has 0 rings (SSSR count). The Morgan fingerprint density at radius 3 is 1.11 bits per heavy atom. The number of rotatable bonds is 16. The van der Waals surface area contributed by atoms with Crippen LogP contribution in [0.2, 0.25) is 0 Å². The van der Waals surface area contributed by atoms with Crippen molar-refractivity contribution in [2.45, 2.75) is 103 Å². The molecule has 0 aromatic heterocycles. The topological polar surface area (TPSA) is 0 Å². The second-order valence-corrected chi connectivity index (χ2v) is 6.93.